The molecule has 0 aliphatic carbocycles. The van der Waals surface area contributed by atoms with Crippen LogP contribution in [0.2, 0.25) is 0 Å². The van der Waals surface area contributed by atoms with Gasteiger partial charge >= 0.3 is 0 Å². The molecule has 0 aromatic carbocycles. The molecule has 168 valence electrons. The van der Waals surface area contributed by atoms with Gasteiger partial charge in [0.15, 0.2) is 0 Å². The van der Waals surface area contributed by atoms with E-state index < -0.39 is 5.82 Å². The van der Waals surface area contributed by atoms with Crippen molar-refractivity contribution in [2.75, 3.05) is 36.0 Å². The maximum Gasteiger partial charge on any atom is 0.249 e. The molecule has 0 N–H and O–H groups in total. The van der Waals surface area contributed by atoms with Gasteiger partial charge in [-0.1, -0.05) is 0 Å². The summed E-state index contributed by atoms with van der Waals surface area (Å²) in [7, 11) is 0. The third-order valence-corrected chi connectivity index (χ3v) is 6.34. The fraction of sp³-hybridized carbons (Fsp3) is 0.500. The molecule has 0 radical (unpaired) electrons. The second-order valence-corrected chi connectivity index (χ2v) is 8.36. The van der Waals surface area contributed by atoms with E-state index in [4.69, 9.17) is 4.84 Å². The molecular formula is C22H25FN6O3. The highest BCUT2D eigenvalue weighted by Gasteiger charge is 2.37. The first-order chi connectivity index (χ1) is 15.6. The average molecular weight is 440 g/mol. The van der Waals surface area contributed by atoms with Crippen molar-refractivity contribution in [1.29, 1.82) is 0 Å². The van der Waals surface area contributed by atoms with Crippen LogP contribution in [-0.2, 0) is 14.4 Å². The third-order valence-electron chi connectivity index (χ3n) is 6.34. The molecule has 0 unspecified atom stereocenters. The molecule has 32 heavy (non-hydrogen) atoms. The Bertz CT molecular complexity index is 1010. The van der Waals surface area contributed by atoms with E-state index in [0.717, 1.165) is 18.4 Å². The largest absolute Gasteiger partial charge is 0.356 e. The van der Waals surface area contributed by atoms with Gasteiger partial charge in [0.2, 0.25) is 17.8 Å². The van der Waals surface area contributed by atoms with Crippen LogP contribution in [0, 0.1) is 11.7 Å². The number of hydroxylamine groups is 2. The van der Waals surface area contributed by atoms with Crippen LogP contribution in [-0.4, -0.2) is 58.1 Å². The van der Waals surface area contributed by atoms with Gasteiger partial charge in [0.05, 0.1) is 18.8 Å². The van der Waals surface area contributed by atoms with Crippen molar-refractivity contribution in [3.63, 3.8) is 0 Å². The zero-order valence-corrected chi connectivity index (χ0v) is 17.7. The van der Waals surface area contributed by atoms with Crippen LogP contribution in [0.25, 0.3) is 0 Å². The number of hydrogen-bond acceptors (Lipinski definition) is 7. The summed E-state index contributed by atoms with van der Waals surface area (Å²) in [6, 6.07) is 2.93. The van der Waals surface area contributed by atoms with Crippen molar-refractivity contribution < 1.29 is 18.8 Å². The summed E-state index contributed by atoms with van der Waals surface area (Å²) in [6.45, 7) is 2.41. The fourth-order valence-corrected chi connectivity index (χ4v) is 4.64. The summed E-state index contributed by atoms with van der Waals surface area (Å²) in [5.74, 6) is 0.606. The summed E-state index contributed by atoms with van der Waals surface area (Å²) >= 11 is 0. The monoisotopic (exact) mass is 440 g/mol. The number of nitrogens with zero attached hydrogens (tertiary/aromatic N) is 6. The van der Waals surface area contributed by atoms with Crippen LogP contribution < -0.4 is 9.80 Å². The Labute approximate surface area is 185 Å². The van der Waals surface area contributed by atoms with Gasteiger partial charge in [0, 0.05) is 50.8 Å². The van der Waals surface area contributed by atoms with E-state index in [1.807, 2.05) is 6.07 Å². The maximum absolute atomic E-state index is 13.6. The standard InChI is InChI=1S/C22H25FN6O3/c23-17-12-16(13-24-14-17)18-6-11-32-29(18)21(31)15-4-9-27(10-5-15)19-3-7-25-22(26-19)28-8-1-2-20(28)30/h3,7,12-15,18H,1-2,4-6,8-11H2/t18-/m0/s1. The van der Waals surface area contributed by atoms with Crippen molar-refractivity contribution >= 4 is 23.6 Å². The van der Waals surface area contributed by atoms with Crippen molar-refractivity contribution in [3.8, 4) is 0 Å². The lowest BCUT2D eigenvalue weighted by Crippen LogP contribution is -2.42. The Balaban J connectivity index is 1.23. The zero-order valence-electron chi connectivity index (χ0n) is 17.7. The molecule has 1 atom stereocenters. The average Bonchev–Trinajstić information content (AvgIpc) is 3.48. The predicted octanol–water partition coefficient (Wildman–Crippen LogP) is 2.26. The van der Waals surface area contributed by atoms with E-state index in [1.54, 1.807) is 17.3 Å². The summed E-state index contributed by atoms with van der Waals surface area (Å²) in [5, 5.41) is 1.42. The maximum atomic E-state index is 13.6. The molecule has 0 saturated carbocycles. The minimum absolute atomic E-state index is 0.0557. The molecule has 3 aliphatic heterocycles. The minimum Gasteiger partial charge on any atom is -0.356 e. The van der Waals surface area contributed by atoms with Crippen LogP contribution in [0.15, 0.2) is 30.7 Å². The molecule has 2 aromatic heterocycles. The second-order valence-electron chi connectivity index (χ2n) is 8.36. The van der Waals surface area contributed by atoms with Crippen LogP contribution in [0.3, 0.4) is 0 Å². The highest BCUT2D eigenvalue weighted by atomic mass is 19.1. The Kier molecular flexibility index (Phi) is 5.69. The quantitative estimate of drug-likeness (QED) is 0.720. The van der Waals surface area contributed by atoms with E-state index >= 15 is 0 Å². The van der Waals surface area contributed by atoms with Gasteiger partial charge in [0.1, 0.15) is 11.6 Å². The van der Waals surface area contributed by atoms with Crippen molar-refractivity contribution in [1.82, 2.24) is 20.0 Å². The molecule has 3 saturated heterocycles. The summed E-state index contributed by atoms with van der Waals surface area (Å²) in [6.07, 6.45) is 7.72. The predicted molar refractivity (Wildman–Crippen MR) is 113 cm³/mol. The van der Waals surface area contributed by atoms with Crippen LogP contribution in [0.4, 0.5) is 16.2 Å². The zero-order chi connectivity index (χ0) is 22.1. The SMILES string of the molecule is O=C1CCCN1c1nccc(N2CCC(C(=O)N3OCC[C@H]3c3cncc(F)c3)CC2)n1. The molecule has 3 fully saturated rings. The number of anilines is 2. The lowest BCUT2D eigenvalue weighted by atomic mass is 9.94. The molecule has 0 spiro atoms. The van der Waals surface area contributed by atoms with E-state index in [2.05, 4.69) is 19.9 Å². The lowest BCUT2D eigenvalue weighted by molar-refractivity contribution is -0.182. The van der Waals surface area contributed by atoms with Gasteiger partial charge < -0.3 is 4.90 Å². The van der Waals surface area contributed by atoms with Gasteiger partial charge in [-0.3, -0.25) is 24.3 Å². The number of pyridine rings is 1. The molecule has 2 aromatic rings. The molecular weight excluding hydrogens is 415 g/mol. The van der Waals surface area contributed by atoms with E-state index in [0.29, 0.717) is 63.4 Å². The summed E-state index contributed by atoms with van der Waals surface area (Å²) < 4.78 is 13.6. The Morgan fingerprint density at radius 2 is 2.00 bits per heavy atom. The molecule has 10 heteroatoms. The van der Waals surface area contributed by atoms with E-state index in [9.17, 15) is 14.0 Å². The Morgan fingerprint density at radius 1 is 1.16 bits per heavy atom. The third kappa shape index (κ3) is 4.02. The minimum atomic E-state index is -0.421. The van der Waals surface area contributed by atoms with E-state index in [1.165, 1.54) is 11.1 Å². The number of carbonyl (C=O) groups is 2. The first-order valence-electron chi connectivity index (χ1n) is 11.0. The number of carbonyl (C=O) groups excluding carboxylic acids is 2. The van der Waals surface area contributed by atoms with Crippen LogP contribution in [0.1, 0.15) is 43.7 Å². The van der Waals surface area contributed by atoms with Crippen molar-refractivity contribution in [2.24, 2.45) is 5.92 Å². The Morgan fingerprint density at radius 3 is 2.75 bits per heavy atom. The van der Waals surface area contributed by atoms with Crippen LogP contribution in [0.5, 0.6) is 0 Å². The van der Waals surface area contributed by atoms with Crippen molar-refractivity contribution in [2.45, 2.75) is 38.1 Å². The Hall–Kier alpha value is -3.14. The highest BCUT2D eigenvalue weighted by molar-refractivity contribution is 5.93. The van der Waals surface area contributed by atoms with Gasteiger partial charge in [0.25, 0.3) is 0 Å². The molecule has 3 aliphatic rings. The summed E-state index contributed by atoms with van der Waals surface area (Å²) in [4.78, 5) is 47.3. The lowest BCUT2D eigenvalue weighted by Gasteiger charge is -2.34. The van der Waals surface area contributed by atoms with Gasteiger partial charge in [-0.05, 0) is 37.0 Å². The van der Waals surface area contributed by atoms with E-state index in [-0.39, 0.29) is 23.8 Å². The molecule has 2 amide bonds. The first kappa shape index (κ1) is 20.7. The molecule has 0 bridgehead atoms. The summed E-state index contributed by atoms with van der Waals surface area (Å²) in [5.41, 5.74) is 0.651. The molecule has 9 nitrogen and oxygen atoms in total. The number of hydrogen-bond donors (Lipinski definition) is 0. The topological polar surface area (TPSA) is 91.8 Å². The fourth-order valence-electron chi connectivity index (χ4n) is 4.64. The molecule has 5 rings (SSSR count). The normalized spacial score (nSPS) is 22.1. The number of halogens is 1. The number of aromatic nitrogens is 3. The highest BCUT2D eigenvalue weighted by Crippen LogP contribution is 2.34. The van der Waals surface area contributed by atoms with Gasteiger partial charge in [-0.25, -0.2) is 14.4 Å². The van der Waals surface area contributed by atoms with Gasteiger partial charge in [-0.2, -0.15) is 4.98 Å². The van der Waals surface area contributed by atoms with Crippen molar-refractivity contribution in [3.05, 3.63) is 42.1 Å². The molecule has 5 heterocycles. The number of amides is 2. The smallest absolute Gasteiger partial charge is 0.249 e. The number of rotatable bonds is 4. The second kappa shape index (κ2) is 8.78. The first-order valence-corrected chi connectivity index (χ1v) is 11.0. The van der Waals surface area contributed by atoms with Crippen LogP contribution >= 0.6 is 0 Å². The number of piperidine rings is 1. The van der Waals surface area contributed by atoms with Gasteiger partial charge in [-0.15, -0.1) is 0 Å².